The largest absolute Gasteiger partial charge is 0.456 e. The number of anilines is 2. The fourth-order valence-corrected chi connectivity index (χ4v) is 13.0. The van der Waals surface area contributed by atoms with Gasteiger partial charge in [0.05, 0.1) is 11.7 Å². The molecule has 0 saturated heterocycles. The molecule has 0 bridgehead atoms. The van der Waals surface area contributed by atoms with Crippen LogP contribution in [0.1, 0.15) is 70.9 Å². The maximum atomic E-state index is 6.36. The first kappa shape index (κ1) is 38.7. The van der Waals surface area contributed by atoms with Gasteiger partial charge in [0.15, 0.2) is 0 Å². The highest BCUT2D eigenvalue weighted by Crippen LogP contribution is 2.53. The molecule has 0 fully saturated rings. The molecule has 0 N–H and O–H groups in total. The molecule has 0 spiro atoms. The Balaban J connectivity index is 0.783. The lowest BCUT2D eigenvalue weighted by atomic mass is 9.81. The van der Waals surface area contributed by atoms with Gasteiger partial charge in [-0.25, -0.2) is 4.99 Å². The van der Waals surface area contributed by atoms with E-state index in [9.17, 15) is 0 Å². The second-order valence-electron chi connectivity index (χ2n) is 19.4. The van der Waals surface area contributed by atoms with E-state index in [0.29, 0.717) is 0 Å². The maximum absolute atomic E-state index is 6.36. The van der Waals surface area contributed by atoms with Crippen LogP contribution in [0.3, 0.4) is 0 Å². The van der Waals surface area contributed by atoms with Gasteiger partial charge in [-0.15, -0.1) is 17.1 Å². The molecular formula is C63H46N2OS. The number of hydrogen-bond acceptors (Lipinski definition) is 4. The summed E-state index contributed by atoms with van der Waals surface area (Å²) in [7, 11) is 0. The number of allylic oxidation sites excluding steroid dienone is 3. The monoisotopic (exact) mass is 878 g/mol. The van der Waals surface area contributed by atoms with E-state index >= 15 is 0 Å². The molecule has 3 unspecified atom stereocenters. The smallest absolute Gasteiger partial charge is 0.135 e. The zero-order valence-electron chi connectivity index (χ0n) is 37.5. The van der Waals surface area contributed by atoms with Crippen LogP contribution < -0.4 is 4.90 Å². The van der Waals surface area contributed by atoms with Crippen molar-refractivity contribution in [3.05, 3.63) is 232 Å². The maximum Gasteiger partial charge on any atom is 0.135 e. The molecule has 67 heavy (non-hydrogen) atoms. The van der Waals surface area contributed by atoms with E-state index in [1.54, 1.807) is 0 Å². The van der Waals surface area contributed by atoms with Crippen molar-refractivity contribution in [1.82, 2.24) is 0 Å². The van der Waals surface area contributed by atoms with Crippen LogP contribution in [0.25, 0.3) is 65.9 Å². The van der Waals surface area contributed by atoms with Crippen LogP contribution in [-0.2, 0) is 11.8 Å². The normalized spacial score (nSPS) is 19.7. The molecule has 320 valence electrons. The van der Waals surface area contributed by atoms with Crippen molar-refractivity contribution in [2.75, 3.05) is 4.90 Å². The third-order valence-corrected chi connectivity index (χ3v) is 16.5. The summed E-state index contributed by atoms with van der Waals surface area (Å²) in [4.78, 5) is 9.37. The molecule has 0 radical (unpaired) electrons. The van der Waals surface area contributed by atoms with E-state index in [1.165, 1.54) is 98.3 Å². The zero-order valence-corrected chi connectivity index (χ0v) is 38.3. The van der Waals surface area contributed by atoms with Crippen LogP contribution in [0, 0.1) is 5.92 Å². The molecule has 5 aliphatic rings. The third kappa shape index (κ3) is 6.07. The minimum Gasteiger partial charge on any atom is -0.456 e. The standard InChI is InChI=1S/C63H46N2OS/c1-63(2)53-34-41(22-28-45(53)49-36-51-47-15-7-10-18-59(47)66-60(51)37-54(49)63)40-24-30-58-50(32-40)46-14-6-9-17-57(46)65(58)44-26-20-38(21-27-44)42-23-29-55(64-56(35-42)39-12-4-3-5-13-39)43-25-31-62-52(33-43)48-16-8-11-19-61(48)67-62/h3-16,18-28,30-32,34,36-37,42-43,57H,17,33,35H2,1-2H3. The predicted molar refractivity (Wildman–Crippen MR) is 281 cm³/mol. The predicted octanol–water partition coefficient (Wildman–Crippen LogP) is 16.5. The van der Waals surface area contributed by atoms with Crippen molar-refractivity contribution in [2.45, 2.75) is 50.5 Å². The number of fused-ring (bicyclic) bond motifs is 12. The van der Waals surface area contributed by atoms with Gasteiger partial charge in [0.1, 0.15) is 11.2 Å². The Morgan fingerprint density at radius 3 is 2.36 bits per heavy atom. The van der Waals surface area contributed by atoms with E-state index in [0.717, 1.165) is 41.8 Å². The number of furan rings is 1. The van der Waals surface area contributed by atoms with Gasteiger partial charge < -0.3 is 9.32 Å². The molecule has 14 rings (SSSR count). The number of para-hydroxylation sites is 1. The Bertz CT molecular complexity index is 3750. The van der Waals surface area contributed by atoms with Crippen molar-refractivity contribution in [2.24, 2.45) is 10.9 Å². The fraction of sp³-hybridized carbons (Fsp3) is 0.143. The summed E-state index contributed by atoms with van der Waals surface area (Å²) in [5, 5.41) is 3.73. The Morgan fingerprint density at radius 1 is 0.672 bits per heavy atom. The molecule has 3 nitrogen and oxygen atoms in total. The molecule has 0 amide bonds. The van der Waals surface area contributed by atoms with Gasteiger partial charge in [-0.3, -0.25) is 0 Å². The van der Waals surface area contributed by atoms with E-state index < -0.39 is 0 Å². The average molecular weight is 879 g/mol. The van der Waals surface area contributed by atoms with Gasteiger partial charge >= 0.3 is 0 Å². The molecule has 7 aromatic carbocycles. The quantitative estimate of drug-likeness (QED) is 0.161. The molecule has 4 heterocycles. The number of hydrogen-bond donors (Lipinski definition) is 0. The number of benzene rings is 7. The van der Waals surface area contributed by atoms with Gasteiger partial charge in [0, 0.05) is 66.7 Å². The molecule has 3 atom stereocenters. The summed E-state index contributed by atoms with van der Waals surface area (Å²) < 4.78 is 7.71. The number of nitrogens with zero attached hydrogens (tertiary/aromatic N) is 2. The first-order chi connectivity index (χ1) is 32.9. The Morgan fingerprint density at radius 2 is 1.46 bits per heavy atom. The van der Waals surface area contributed by atoms with E-state index in [4.69, 9.17) is 9.41 Å². The van der Waals surface area contributed by atoms with Gasteiger partial charge in [-0.05, 0) is 141 Å². The van der Waals surface area contributed by atoms with Crippen LogP contribution in [0.15, 0.2) is 203 Å². The summed E-state index contributed by atoms with van der Waals surface area (Å²) in [6.45, 7) is 4.72. The Labute approximate surface area is 394 Å². The lowest BCUT2D eigenvalue weighted by Crippen LogP contribution is -2.27. The molecule has 2 aliphatic heterocycles. The van der Waals surface area contributed by atoms with Crippen LogP contribution in [0.2, 0.25) is 0 Å². The van der Waals surface area contributed by atoms with Crippen molar-refractivity contribution >= 4 is 72.1 Å². The highest BCUT2D eigenvalue weighted by Gasteiger charge is 2.38. The second-order valence-corrected chi connectivity index (χ2v) is 20.5. The Hall–Kier alpha value is -7.49. The van der Waals surface area contributed by atoms with Crippen molar-refractivity contribution in [3.8, 4) is 22.3 Å². The van der Waals surface area contributed by atoms with Gasteiger partial charge in [0.2, 0.25) is 0 Å². The lowest BCUT2D eigenvalue weighted by Gasteiger charge is -2.29. The summed E-state index contributed by atoms with van der Waals surface area (Å²) in [5.41, 5.74) is 24.6. The van der Waals surface area contributed by atoms with Crippen LogP contribution in [-0.4, -0.2) is 11.8 Å². The lowest BCUT2D eigenvalue weighted by molar-refractivity contribution is 0.647. The van der Waals surface area contributed by atoms with E-state index in [1.807, 2.05) is 17.4 Å². The van der Waals surface area contributed by atoms with Crippen molar-refractivity contribution in [3.63, 3.8) is 0 Å². The topological polar surface area (TPSA) is 28.7 Å². The fourth-order valence-electron chi connectivity index (χ4n) is 11.8. The first-order valence-electron chi connectivity index (χ1n) is 23.7. The Kier molecular flexibility index (Phi) is 8.54. The number of rotatable bonds is 5. The van der Waals surface area contributed by atoms with Gasteiger partial charge in [-0.2, -0.15) is 0 Å². The molecule has 3 aliphatic carbocycles. The SMILES string of the molecule is CC1(C)c2cc(-c3ccc4c(c3)C3=CC=CCC3N4c3ccc(C4C=C=C(C5C=Cc6sc7ccccc7c6C5)N=C(c5ccccc5)C4)cc3)ccc2-c2cc3c(cc21)oc1ccccc13. The van der Waals surface area contributed by atoms with E-state index in [2.05, 4.69) is 207 Å². The van der Waals surface area contributed by atoms with Crippen molar-refractivity contribution in [1.29, 1.82) is 0 Å². The van der Waals surface area contributed by atoms with Crippen molar-refractivity contribution < 1.29 is 4.42 Å². The minimum absolute atomic E-state index is 0.146. The highest BCUT2D eigenvalue weighted by molar-refractivity contribution is 7.20. The molecule has 0 saturated carbocycles. The van der Waals surface area contributed by atoms with Crippen LogP contribution >= 0.6 is 11.3 Å². The first-order valence-corrected chi connectivity index (χ1v) is 24.5. The van der Waals surface area contributed by atoms with Crippen LogP contribution in [0.4, 0.5) is 11.4 Å². The number of thiophene rings is 1. The highest BCUT2D eigenvalue weighted by atomic mass is 32.1. The summed E-state index contributed by atoms with van der Waals surface area (Å²) in [5.74, 6) is 0.319. The number of aliphatic imine (C=N–C) groups is 1. The summed E-state index contributed by atoms with van der Waals surface area (Å²) in [6.07, 6.45) is 16.6. The summed E-state index contributed by atoms with van der Waals surface area (Å²) in [6, 6.07) is 56.4. The van der Waals surface area contributed by atoms with Crippen LogP contribution in [0.5, 0.6) is 0 Å². The third-order valence-electron chi connectivity index (χ3n) is 15.3. The summed E-state index contributed by atoms with van der Waals surface area (Å²) >= 11 is 1.89. The minimum atomic E-state index is -0.159. The molecule has 2 aromatic heterocycles. The van der Waals surface area contributed by atoms with E-state index in [-0.39, 0.29) is 23.3 Å². The molecule has 9 aromatic rings. The second kappa shape index (κ2) is 14.8. The molecular weight excluding hydrogens is 833 g/mol. The average Bonchev–Trinajstić information content (AvgIpc) is 4.04. The van der Waals surface area contributed by atoms with Gasteiger partial charge in [0.25, 0.3) is 0 Å². The van der Waals surface area contributed by atoms with Gasteiger partial charge in [-0.1, -0.05) is 135 Å². The zero-order chi connectivity index (χ0) is 44.4. The molecule has 4 heteroatoms.